The molecular formula is C16H16IN3. The van der Waals surface area contributed by atoms with Crippen LogP contribution in [0.2, 0.25) is 0 Å². The number of benzene rings is 2. The topological polar surface area (TPSA) is 48.8 Å². The third-order valence-electron chi connectivity index (χ3n) is 3.28. The van der Waals surface area contributed by atoms with Gasteiger partial charge in [0, 0.05) is 15.0 Å². The van der Waals surface area contributed by atoms with Crippen LogP contribution in [0.25, 0.3) is 21.6 Å². The second-order valence-electron chi connectivity index (χ2n) is 4.68. The molecule has 0 heterocycles. The molecule has 3 nitrogen and oxygen atoms in total. The van der Waals surface area contributed by atoms with Gasteiger partial charge in [0.2, 0.25) is 0 Å². The van der Waals surface area contributed by atoms with Gasteiger partial charge < -0.3 is 0 Å². The molecule has 0 unspecified atom stereocenters. The maximum Gasteiger partial charge on any atom is 0.0261 e. The summed E-state index contributed by atoms with van der Waals surface area (Å²) in [7, 11) is 0. The van der Waals surface area contributed by atoms with Gasteiger partial charge in [-0.2, -0.15) is 0 Å². The second-order valence-corrected chi connectivity index (χ2v) is 5.84. The van der Waals surface area contributed by atoms with Crippen LogP contribution in [-0.2, 0) is 6.42 Å². The highest BCUT2D eigenvalue weighted by Crippen LogP contribution is 2.28. The van der Waals surface area contributed by atoms with Crippen LogP contribution in [-0.4, -0.2) is 6.54 Å². The first kappa shape index (κ1) is 14.9. The number of hydrogen-bond acceptors (Lipinski definition) is 1. The molecule has 0 aliphatic rings. The average Bonchev–Trinajstić information content (AvgIpc) is 2.47. The van der Waals surface area contributed by atoms with Gasteiger partial charge in [0.1, 0.15) is 0 Å². The lowest BCUT2D eigenvalue weighted by Gasteiger charge is -2.11. The lowest BCUT2D eigenvalue weighted by atomic mass is 9.97. The zero-order valence-corrected chi connectivity index (χ0v) is 13.5. The van der Waals surface area contributed by atoms with Crippen molar-refractivity contribution in [2.75, 3.05) is 6.54 Å². The predicted octanol–water partition coefficient (Wildman–Crippen LogP) is 5.51. The lowest BCUT2D eigenvalue weighted by Crippen LogP contribution is -1.95. The number of azide groups is 1. The summed E-state index contributed by atoms with van der Waals surface area (Å²) >= 11 is 2.39. The van der Waals surface area contributed by atoms with Gasteiger partial charge in [0.15, 0.2) is 0 Å². The Bertz CT molecular complexity index is 632. The highest BCUT2D eigenvalue weighted by atomic mass is 127. The Kier molecular flexibility index (Phi) is 5.44. The van der Waals surface area contributed by atoms with Crippen LogP contribution in [0.4, 0.5) is 0 Å². The van der Waals surface area contributed by atoms with Crippen molar-refractivity contribution >= 4 is 22.6 Å². The molecule has 0 atom stereocenters. The van der Waals surface area contributed by atoms with Crippen molar-refractivity contribution in [2.45, 2.75) is 19.8 Å². The largest absolute Gasteiger partial charge is 0.0940 e. The van der Waals surface area contributed by atoms with Crippen LogP contribution in [0, 0.1) is 10.5 Å². The molecule has 0 bridgehead atoms. The summed E-state index contributed by atoms with van der Waals surface area (Å²) in [6.07, 6.45) is 1.85. The first-order chi connectivity index (χ1) is 9.72. The number of hydrogen-bond donors (Lipinski definition) is 0. The van der Waals surface area contributed by atoms with Crippen LogP contribution in [0.3, 0.4) is 0 Å². The smallest absolute Gasteiger partial charge is 0.0261 e. The molecule has 0 radical (unpaired) electrons. The quantitative estimate of drug-likeness (QED) is 0.217. The third-order valence-corrected chi connectivity index (χ3v) is 4.17. The predicted molar refractivity (Wildman–Crippen MR) is 91.7 cm³/mol. The van der Waals surface area contributed by atoms with Gasteiger partial charge in [0.05, 0.1) is 0 Å². The molecule has 0 aromatic heterocycles. The Hall–Kier alpha value is -1.52. The van der Waals surface area contributed by atoms with E-state index in [4.69, 9.17) is 5.53 Å². The van der Waals surface area contributed by atoms with E-state index >= 15 is 0 Å². The average molecular weight is 377 g/mol. The Balaban J connectivity index is 2.23. The molecule has 0 amide bonds. The highest BCUT2D eigenvalue weighted by molar-refractivity contribution is 14.1. The van der Waals surface area contributed by atoms with E-state index in [0.717, 1.165) is 12.8 Å². The molecule has 0 aliphatic carbocycles. The van der Waals surface area contributed by atoms with E-state index in [1.54, 1.807) is 0 Å². The van der Waals surface area contributed by atoms with Crippen LogP contribution >= 0.6 is 22.6 Å². The number of nitrogens with zero attached hydrogens (tertiary/aromatic N) is 3. The third kappa shape index (κ3) is 3.74. The SMILES string of the molecule is Cc1cc(-c2ccccc2)c(I)cc1CCCN=[N+]=[N-]. The summed E-state index contributed by atoms with van der Waals surface area (Å²) in [5, 5.41) is 3.58. The number of rotatable bonds is 5. The van der Waals surface area contributed by atoms with E-state index in [1.165, 1.54) is 25.8 Å². The molecule has 0 saturated carbocycles. The molecule has 2 aromatic carbocycles. The molecule has 0 spiro atoms. The fourth-order valence-corrected chi connectivity index (χ4v) is 3.06. The van der Waals surface area contributed by atoms with Crippen molar-refractivity contribution in [3.8, 4) is 11.1 Å². The molecule has 102 valence electrons. The van der Waals surface area contributed by atoms with E-state index in [-0.39, 0.29) is 0 Å². The van der Waals surface area contributed by atoms with Crippen molar-refractivity contribution in [3.05, 3.63) is 67.6 Å². The van der Waals surface area contributed by atoms with E-state index in [2.05, 4.69) is 75.9 Å². The monoisotopic (exact) mass is 377 g/mol. The van der Waals surface area contributed by atoms with Crippen LogP contribution in [0.15, 0.2) is 47.6 Å². The minimum atomic E-state index is 0.562. The van der Waals surface area contributed by atoms with Gasteiger partial charge in [-0.05, 0) is 76.2 Å². The van der Waals surface area contributed by atoms with E-state index < -0.39 is 0 Å². The maximum absolute atomic E-state index is 8.28. The summed E-state index contributed by atoms with van der Waals surface area (Å²) in [4.78, 5) is 2.78. The summed E-state index contributed by atoms with van der Waals surface area (Å²) in [6.45, 7) is 2.71. The van der Waals surface area contributed by atoms with E-state index in [0.29, 0.717) is 6.54 Å². The minimum absolute atomic E-state index is 0.562. The molecule has 20 heavy (non-hydrogen) atoms. The molecule has 0 N–H and O–H groups in total. The van der Waals surface area contributed by atoms with Gasteiger partial charge in [-0.15, -0.1) is 0 Å². The lowest BCUT2D eigenvalue weighted by molar-refractivity contribution is 0.822. The zero-order valence-electron chi connectivity index (χ0n) is 11.4. The first-order valence-electron chi connectivity index (χ1n) is 6.57. The fourth-order valence-electron chi connectivity index (χ4n) is 2.22. The van der Waals surface area contributed by atoms with Crippen molar-refractivity contribution in [3.63, 3.8) is 0 Å². The van der Waals surface area contributed by atoms with Gasteiger partial charge in [0.25, 0.3) is 0 Å². The van der Waals surface area contributed by atoms with Crippen LogP contribution in [0.5, 0.6) is 0 Å². The Labute approximate surface area is 132 Å². The molecule has 2 rings (SSSR count). The molecule has 0 saturated heterocycles. The second kappa shape index (κ2) is 7.31. The normalized spacial score (nSPS) is 10.1. The van der Waals surface area contributed by atoms with Crippen LogP contribution < -0.4 is 0 Å². The molecule has 0 fully saturated rings. The van der Waals surface area contributed by atoms with Crippen molar-refractivity contribution < 1.29 is 0 Å². The molecule has 2 aromatic rings. The van der Waals surface area contributed by atoms with Gasteiger partial charge in [-0.25, -0.2) is 0 Å². The van der Waals surface area contributed by atoms with Crippen molar-refractivity contribution in [1.82, 2.24) is 0 Å². The molecule has 0 aliphatic heterocycles. The van der Waals surface area contributed by atoms with Gasteiger partial charge in [-0.3, -0.25) is 0 Å². The van der Waals surface area contributed by atoms with Crippen LogP contribution in [0.1, 0.15) is 17.5 Å². The zero-order chi connectivity index (χ0) is 14.4. The van der Waals surface area contributed by atoms with Crippen molar-refractivity contribution in [2.24, 2.45) is 5.11 Å². The molecule has 4 heteroatoms. The van der Waals surface area contributed by atoms with Gasteiger partial charge >= 0.3 is 0 Å². The number of halogens is 1. The first-order valence-corrected chi connectivity index (χ1v) is 7.65. The Morgan fingerprint density at radius 1 is 1.20 bits per heavy atom. The maximum atomic E-state index is 8.28. The van der Waals surface area contributed by atoms with E-state index in [1.807, 2.05) is 6.07 Å². The summed E-state index contributed by atoms with van der Waals surface area (Å²) in [5.41, 5.74) is 13.4. The molecular weight excluding hydrogens is 361 g/mol. The number of aryl methyl sites for hydroxylation is 2. The van der Waals surface area contributed by atoms with Gasteiger partial charge in [-0.1, -0.05) is 41.5 Å². The summed E-state index contributed by atoms with van der Waals surface area (Å²) in [5.74, 6) is 0. The minimum Gasteiger partial charge on any atom is -0.0940 e. The summed E-state index contributed by atoms with van der Waals surface area (Å²) in [6, 6.07) is 14.9. The standard InChI is InChI=1S/C16H16IN3/c1-12-10-15(13-6-3-2-4-7-13)16(17)11-14(12)8-5-9-19-20-18/h2-4,6-7,10-11H,5,8-9H2,1H3. The Morgan fingerprint density at radius 3 is 2.65 bits per heavy atom. The fraction of sp³-hybridized carbons (Fsp3) is 0.250. The summed E-state index contributed by atoms with van der Waals surface area (Å²) < 4.78 is 1.26. The van der Waals surface area contributed by atoms with Crippen molar-refractivity contribution in [1.29, 1.82) is 0 Å². The Morgan fingerprint density at radius 2 is 1.95 bits per heavy atom. The van der Waals surface area contributed by atoms with E-state index in [9.17, 15) is 0 Å². The highest BCUT2D eigenvalue weighted by Gasteiger charge is 2.07.